The molecule has 0 atom stereocenters. The minimum absolute atomic E-state index is 0.0740. The number of nitrogens with zero attached hydrogens (tertiary/aromatic N) is 2. The zero-order valence-corrected chi connectivity index (χ0v) is 17.5. The van der Waals surface area contributed by atoms with Crippen LogP contribution < -0.4 is 16.4 Å². The van der Waals surface area contributed by atoms with Crippen LogP contribution in [0.25, 0.3) is 32.3 Å². The highest BCUT2D eigenvalue weighted by molar-refractivity contribution is 6.99. The van der Waals surface area contributed by atoms with Gasteiger partial charge in [-0.25, -0.2) is 4.85 Å². The van der Waals surface area contributed by atoms with Gasteiger partial charge in [0.05, 0.1) is 12.1 Å². The maximum absolute atomic E-state index is 7.77. The van der Waals surface area contributed by atoms with Gasteiger partial charge in [0.25, 0.3) is 0 Å². The van der Waals surface area contributed by atoms with Crippen molar-refractivity contribution in [3.05, 3.63) is 101 Å². The Labute approximate surface area is 181 Å². The van der Waals surface area contributed by atoms with Crippen molar-refractivity contribution in [1.29, 1.82) is 0 Å². The van der Waals surface area contributed by atoms with Gasteiger partial charge >= 0.3 is 0 Å². The third-order valence-electron chi connectivity index (χ3n) is 7.45. The van der Waals surface area contributed by atoms with E-state index in [4.69, 9.17) is 6.57 Å². The molecule has 4 aromatic carbocycles. The molecule has 144 valence electrons. The van der Waals surface area contributed by atoms with E-state index in [9.17, 15) is 0 Å². The molecule has 3 heteroatoms. The van der Waals surface area contributed by atoms with Crippen LogP contribution in [0.1, 0.15) is 25.0 Å². The normalized spacial score (nSPS) is 14.9. The molecule has 0 saturated carbocycles. The second-order valence-electron chi connectivity index (χ2n) is 9.28. The minimum atomic E-state index is -0.0740. The first-order valence-electron chi connectivity index (χ1n) is 10.8. The molecule has 0 amide bonds. The highest BCUT2D eigenvalue weighted by Crippen LogP contribution is 2.40. The molecule has 0 spiro atoms. The molecule has 2 nitrogen and oxygen atoms in total. The van der Waals surface area contributed by atoms with E-state index in [0.29, 0.717) is 5.69 Å². The third-order valence-corrected chi connectivity index (χ3v) is 7.45. The van der Waals surface area contributed by atoms with E-state index in [0.717, 1.165) is 0 Å². The van der Waals surface area contributed by atoms with Crippen molar-refractivity contribution in [3.63, 3.8) is 0 Å². The molecule has 0 bridgehead atoms. The van der Waals surface area contributed by atoms with E-state index in [-0.39, 0.29) is 12.1 Å². The van der Waals surface area contributed by atoms with Gasteiger partial charge in [-0.1, -0.05) is 85.4 Å². The summed E-state index contributed by atoms with van der Waals surface area (Å²) in [6.45, 7) is 12.6. The number of hydrogen-bond acceptors (Lipinski definition) is 0. The largest absolute Gasteiger partial charge is 0.310 e. The van der Waals surface area contributed by atoms with Crippen molar-refractivity contribution in [2.24, 2.45) is 0 Å². The third kappa shape index (κ3) is 1.89. The molecule has 7 rings (SSSR count). The van der Waals surface area contributed by atoms with E-state index in [1.165, 1.54) is 55.0 Å². The maximum atomic E-state index is 7.77. The van der Waals surface area contributed by atoms with Crippen molar-refractivity contribution in [2.45, 2.75) is 19.3 Å². The van der Waals surface area contributed by atoms with Crippen molar-refractivity contribution in [3.8, 4) is 5.69 Å². The molecule has 0 aliphatic carbocycles. The quantitative estimate of drug-likeness (QED) is 0.259. The van der Waals surface area contributed by atoms with Gasteiger partial charge in [-0.15, -0.1) is 0 Å². The summed E-state index contributed by atoms with van der Waals surface area (Å²) in [6.07, 6.45) is 0. The van der Waals surface area contributed by atoms with E-state index < -0.39 is 0 Å². The van der Waals surface area contributed by atoms with Gasteiger partial charge in [0.1, 0.15) is 0 Å². The van der Waals surface area contributed by atoms with Crippen molar-refractivity contribution < 1.29 is 0 Å². The fourth-order valence-electron chi connectivity index (χ4n) is 6.19. The molecule has 0 unspecified atom stereocenters. The summed E-state index contributed by atoms with van der Waals surface area (Å²) < 4.78 is 2.44. The van der Waals surface area contributed by atoms with Crippen LogP contribution in [0.15, 0.2) is 78.9 Å². The average molecular weight is 394 g/mol. The summed E-state index contributed by atoms with van der Waals surface area (Å²) in [5, 5.41) is 2.39. The van der Waals surface area contributed by atoms with E-state index in [1.54, 1.807) is 0 Å². The highest BCUT2D eigenvalue weighted by Gasteiger charge is 2.44. The molecule has 2 aliphatic heterocycles. The van der Waals surface area contributed by atoms with Crippen LogP contribution in [0.4, 0.5) is 5.69 Å². The molecule has 31 heavy (non-hydrogen) atoms. The van der Waals surface area contributed by atoms with Gasteiger partial charge < -0.3 is 4.57 Å². The molecular formula is C28H19BN2. The van der Waals surface area contributed by atoms with Crippen molar-refractivity contribution >= 4 is 50.6 Å². The van der Waals surface area contributed by atoms with Crippen LogP contribution in [0, 0.1) is 6.57 Å². The molecule has 5 aromatic rings. The van der Waals surface area contributed by atoms with E-state index in [2.05, 4.69) is 102 Å². The fraction of sp³-hybridized carbons (Fsp3) is 0.107. The number of fused-ring (bicyclic) bond motifs is 7. The molecular weight excluding hydrogens is 375 g/mol. The summed E-state index contributed by atoms with van der Waals surface area (Å²) >= 11 is 0. The van der Waals surface area contributed by atoms with Crippen LogP contribution >= 0.6 is 0 Å². The number of benzene rings is 4. The first-order valence-corrected chi connectivity index (χ1v) is 10.8. The van der Waals surface area contributed by atoms with E-state index in [1.807, 2.05) is 0 Å². The smallest absolute Gasteiger partial charge is 0.245 e. The second-order valence-corrected chi connectivity index (χ2v) is 9.28. The predicted octanol–water partition coefficient (Wildman–Crippen LogP) is 4.80. The lowest BCUT2D eigenvalue weighted by atomic mass is 9.30. The molecule has 2 aliphatic rings. The standard InChI is InChI=1S/C28H19BN2/c1-28(2)20-10-5-6-12-22(20)29-23-16-17(30-3)15-19-18-9-4-7-13-24(18)31(27(19)23)25-14-8-11-21(28)26(25)29/h4-16H,1-2H3. The topological polar surface area (TPSA) is 9.29 Å². The molecule has 0 N–H and O–H groups in total. The van der Waals surface area contributed by atoms with Gasteiger partial charge in [0.15, 0.2) is 5.69 Å². The summed E-state index contributed by atoms with van der Waals surface area (Å²) in [6, 6.07) is 28.5. The fourth-order valence-corrected chi connectivity index (χ4v) is 6.19. The van der Waals surface area contributed by atoms with Crippen LogP contribution in [-0.2, 0) is 5.41 Å². The molecule has 1 aromatic heterocycles. The van der Waals surface area contributed by atoms with Gasteiger partial charge in [-0.05, 0) is 40.2 Å². The van der Waals surface area contributed by atoms with E-state index >= 15 is 0 Å². The Morgan fingerprint density at radius 2 is 1.58 bits per heavy atom. The Bertz CT molecular complexity index is 1630. The summed E-state index contributed by atoms with van der Waals surface area (Å²) in [5.41, 5.74) is 11.2. The molecule has 0 saturated heterocycles. The van der Waals surface area contributed by atoms with Gasteiger partial charge in [0.2, 0.25) is 6.71 Å². The highest BCUT2D eigenvalue weighted by atomic mass is 15.0. The number of rotatable bonds is 0. The first kappa shape index (κ1) is 17.0. The zero-order valence-electron chi connectivity index (χ0n) is 17.5. The summed E-state index contributed by atoms with van der Waals surface area (Å²) in [5.74, 6) is 0. The number of aromatic nitrogens is 1. The lowest BCUT2D eigenvalue weighted by Crippen LogP contribution is -2.63. The number of para-hydroxylation sites is 1. The average Bonchev–Trinajstić information content (AvgIpc) is 3.14. The van der Waals surface area contributed by atoms with Crippen LogP contribution in [-0.4, -0.2) is 11.3 Å². The lowest BCUT2D eigenvalue weighted by molar-refractivity contribution is 0.645. The Morgan fingerprint density at radius 3 is 2.45 bits per heavy atom. The Kier molecular flexibility index (Phi) is 3.00. The first-order chi connectivity index (χ1) is 15.1. The van der Waals surface area contributed by atoms with Gasteiger partial charge in [-0.2, -0.15) is 0 Å². The Morgan fingerprint density at radius 1 is 0.806 bits per heavy atom. The van der Waals surface area contributed by atoms with Crippen LogP contribution in [0.2, 0.25) is 0 Å². The summed E-state index contributed by atoms with van der Waals surface area (Å²) in [7, 11) is 0. The monoisotopic (exact) mass is 394 g/mol. The van der Waals surface area contributed by atoms with Crippen molar-refractivity contribution in [2.75, 3.05) is 0 Å². The predicted molar refractivity (Wildman–Crippen MR) is 130 cm³/mol. The van der Waals surface area contributed by atoms with Gasteiger partial charge in [0, 0.05) is 22.0 Å². The molecule has 3 heterocycles. The molecule has 0 radical (unpaired) electrons. The minimum Gasteiger partial charge on any atom is -0.310 e. The molecule has 0 fully saturated rings. The van der Waals surface area contributed by atoms with Crippen LogP contribution in [0.3, 0.4) is 0 Å². The Balaban J connectivity index is 1.78. The zero-order chi connectivity index (χ0) is 20.9. The van der Waals surface area contributed by atoms with Crippen LogP contribution in [0.5, 0.6) is 0 Å². The Hall–Kier alpha value is -3.77. The van der Waals surface area contributed by atoms with Gasteiger partial charge in [-0.3, -0.25) is 0 Å². The summed E-state index contributed by atoms with van der Waals surface area (Å²) in [4.78, 5) is 3.86. The second kappa shape index (κ2) is 5.48. The SMILES string of the molecule is [C-]#[N+]c1cc2c3c(c1)c1ccccc1n3-c1cccc3c1B2c1ccccc1C3(C)C. The number of hydrogen-bond donors (Lipinski definition) is 0. The maximum Gasteiger partial charge on any atom is 0.245 e. The lowest BCUT2D eigenvalue weighted by Gasteiger charge is -2.41. The van der Waals surface area contributed by atoms with Crippen molar-refractivity contribution in [1.82, 2.24) is 4.57 Å².